The fraction of sp³-hybridized carbons (Fsp3) is 0.333. The maximum absolute atomic E-state index is 6.17. The number of nitrogens with two attached hydrogens (primary N) is 1. The molecule has 1 aromatic heterocycles. The summed E-state index contributed by atoms with van der Waals surface area (Å²) in [5.41, 5.74) is 11.0. The second-order valence-electron chi connectivity index (χ2n) is 4.60. The molecule has 0 aliphatic carbocycles. The fourth-order valence-electron chi connectivity index (χ4n) is 2.22. The molecule has 0 aliphatic heterocycles. The summed E-state index contributed by atoms with van der Waals surface area (Å²) in [4.78, 5) is 3.40. The highest BCUT2D eigenvalue weighted by molar-refractivity contribution is 5.84. The van der Waals surface area contributed by atoms with Crippen molar-refractivity contribution in [3.8, 4) is 0 Å². The number of aromatic nitrogens is 1. The minimum absolute atomic E-state index is 0.0536. The van der Waals surface area contributed by atoms with Gasteiger partial charge in [-0.05, 0) is 31.4 Å². The highest BCUT2D eigenvalue weighted by Gasteiger charge is 2.13. The molecular weight excluding hydrogens is 208 g/mol. The Bertz CT molecular complexity index is 537. The summed E-state index contributed by atoms with van der Waals surface area (Å²) >= 11 is 0. The van der Waals surface area contributed by atoms with Crippen molar-refractivity contribution in [2.24, 2.45) is 5.73 Å². The van der Waals surface area contributed by atoms with Crippen molar-refractivity contribution in [1.82, 2.24) is 4.98 Å². The molecule has 1 aromatic carbocycles. The van der Waals surface area contributed by atoms with E-state index in [-0.39, 0.29) is 6.04 Å². The van der Waals surface area contributed by atoms with Crippen molar-refractivity contribution in [2.75, 3.05) is 0 Å². The van der Waals surface area contributed by atoms with Gasteiger partial charge in [-0.15, -0.1) is 0 Å². The smallest absolute Gasteiger partial charge is 0.0458 e. The Balaban J connectivity index is 2.35. The molecule has 1 atom stereocenters. The molecule has 2 heteroatoms. The first-order valence-electron chi connectivity index (χ1n) is 6.13. The number of H-pyrrole nitrogens is 1. The largest absolute Gasteiger partial charge is 0.358 e. The maximum atomic E-state index is 6.17. The quantitative estimate of drug-likeness (QED) is 0.774. The van der Waals surface area contributed by atoms with Crippen LogP contribution in [0.5, 0.6) is 0 Å². The van der Waals surface area contributed by atoms with Gasteiger partial charge in [-0.2, -0.15) is 0 Å². The zero-order chi connectivity index (χ0) is 12.4. The lowest BCUT2D eigenvalue weighted by molar-refractivity contribution is 0.737. The van der Waals surface area contributed by atoms with Crippen molar-refractivity contribution in [3.05, 3.63) is 47.7 Å². The van der Waals surface area contributed by atoms with Crippen LogP contribution in [0.3, 0.4) is 0 Å². The lowest BCUT2D eigenvalue weighted by atomic mass is 9.97. The minimum atomic E-state index is 0.0536. The standard InChI is InChI=1S/C15H20N2/c1-4-10(2)14(16)9-13-11(3)17-15-8-6-5-7-12(13)15/h5-8,14,17H,2,4,9,16H2,1,3H3. The molecule has 0 spiro atoms. The van der Waals surface area contributed by atoms with E-state index in [0.29, 0.717) is 0 Å². The summed E-state index contributed by atoms with van der Waals surface area (Å²) in [5.74, 6) is 0. The van der Waals surface area contributed by atoms with Gasteiger partial charge in [0.1, 0.15) is 0 Å². The Morgan fingerprint density at radius 2 is 2.12 bits per heavy atom. The predicted octanol–water partition coefficient (Wildman–Crippen LogP) is 3.31. The summed E-state index contributed by atoms with van der Waals surface area (Å²) in [6, 6.07) is 8.42. The van der Waals surface area contributed by atoms with E-state index in [9.17, 15) is 0 Å². The predicted molar refractivity (Wildman–Crippen MR) is 74.1 cm³/mol. The van der Waals surface area contributed by atoms with Gasteiger partial charge < -0.3 is 10.7 Å². The number of benzene rings is 1. The number of fused-ring (bicyclic) bond motifs is 1. The highest BCUT2D eigenvalue weighted by Crippen LogP contribution is 2.24. The first kappa shape index (κ1) is 11.9. The maximum Gasteiger partial charge on any atom is 0.0458 e. The number of aromatic amines is 1. The zero-order valence-electron chi connectivity index (χ0n) is 10.6. The van der Waals surface area contributed by atoms with Crippen molar-refractivity contribution < 1.29 is 0 Å². The van der Waals surface area contributed by atoms with Crippen LogP contribution in [0.4, 0.5) is 0 Å². The van der Waals surface area contributed by atoms with E-state index in [1.807, 2.05) is 6.07 Å². The van der Waals surface area contributed by atoms with Crippen LogP contribution in [0.2, 0.25) is 0 Å². The lowest BCUT2D eigenvalue weighted by Crippen LogP contribution is -2.24. The number of nitrogens with one attached hydrogen (secondary N) is 1. The minimum Gasteiger partial charge on any atom is -0.358 e. The third-order valence-corrected chi connectivity index (χ3v) is 3.43. The molecule has 2 rings (SSSR count). The summed E-state index contributed by atoms with van der Waals surface area (Å²) in [6.07, 6.45) is 1.81. The Labute approximate surface area is 103 Å². The van der Waals surface area contributed by atoms with E-state index >= 15 is 0 Å². The van der Waals surface area contributed by atoms with E-state index in [0.717, 1.165) is 18.4 Å². The molecule has 1 heterocycles. The van der Waals surface area contributed by atoms with Crippen LogP contribution in [0.25, 0.3) is 10.9 Å². The number of hydrogen-bond acceptors (Lipinski definition) is 1. The van der Waals surface area contributed by atoms with Crippen molar-refractivity contribution in [1.29, 1.82) is 0 Å². The Morgan fingerprint density at radius 3 is 2.82 bits per heavy atom. The van der Waals surface area contributed by atoms with E-state index in [1.54, 1.807) is 0 Å². The van der Waals surface area contributed by atoms with Crippen LogP contribution in [0, 0.1) is 6.92 Å². The number of para-hydroxylation sites is 1. The summed E-state index contributed by atoms with van der Waals surface area (Å²) in [7, 11) is 0. The van der Waals surface area contributed by atoms with E-state index in [2.05, 4.69) is 43.6 Å². The van der Waals surface area contributed by atoms with Crippen molar-refractivity contribution in [3.63, 3.8) is 0 Å². The van der Waals surface area contributed by atoms with Gasteiger partial charge >= 0.3 is 0 Å². The highest BCUT2D eigenvalue weighted by atomic mass is 14.7. The van der Waals surface area contributed by atoms with Crippen LogP contribution < -0.4 is 5.73 Å². The summed E-state index contributed by atoms with van der Waals surface area (Å²) in [5, 5.41) is 1.28. The van der Waals surface area contributed by atoms with Gasteiger partial charge in [0.2, 0.25) is 0 Å². The second-order valence-corrected chi connectivity index (χ2v) is 4.60. The topological polar surface area (TPSA) is 41.8 Å². The lowest BCUT2D eigenvalue weighted by Gasteiger charge is -2.13. The van der Waals surface area contributed by atoms with E-state index < -0.39 is 0 Å². The number of hydrogen-bond donors (Lipinski definition) is 2. The molecule has 0 radical (unpaired) electrons. The van der Waals surface area contributed by atoms with Gasteiger partial charge in [0, 0.05) is 22.6 Å². The molecule has 17 heavy (non-hydrogen) atoms. The van der Waals surface area contributed by atoms with E-state index in [1.165, 1.54) is 22.2 Å². The molecule has 2 nitrogen and oxygen atoms in total. The SMILES string of the molecule is C=C(CC)C(N)Cc1c(C)[nH]c2ccccc12. The molecule has 0 fully saturated rings. The van der Waals surface area contributed by atoms with Crippen LogP contribution in [0.15, 0.2) is 36.4 Å². The molecule has 0 saturated heterocycles. The van der Waals surface area contributed by atoms with Crippen LogP contribution in [0.1, 0.15) is 24.6 Å². The summed E-state index contributed by atoms with van der Waals surface area (Å²) < 4.78 is 0. The van der Waals surface area contributed by atoms with Gasteiger partial charge in [-0.3, -0.25) is 0 Å². The van der Waals surface area contributed by atoms with E-state index in [4.69, 9.17) is 5.73 Å². The van der Waals surface area contributed by atoms with Gasteiger partial charge in [0.25, 0.3) is 0 Å². The van der Waals surface area contributed by atoms with Gasteiger partial charge in [0.15, 0.2) is 0 Å². The molecule has 0 amide bonds. The van der Waals surface area contributed by atoms with Gasteiger partial charge in [-0.1, -0.05) is 37.3 Å². The molecule has 3 N–H and O–H groups in total. The Kier molecular flexibility index (Phi) is 3.34. The normalized spacial score (nSPS) is 12.9. The van der Waals surface area contributed by atoms with Crippen LogP contribution >= 0.6 is 0 Å². The second kappa shape index (κ2) is 4.76. The fourth-order valence-corrected chi connectivity index (χ4v) is 2.22. The average molecular weight is 228 g/mol. The summed E-state index contributed by atoms with van der Waals surface area (Å²) in [6.45, 7) is 8.24. The van der Waals surface area contributed by atoms with Gasteiger partial charge in [0.05, 0.1) is 0 Å². The van der Waals surface area contributed by atoms with Gasteiger partial charge in [-0.25, -0.2) is 0 Å². The molecule has 1 unspecified atom stereocenters. The molecule has 0 aliphatic rings. The molecule has 0 bridgehead atoms. The van der Waals surface area contributed by atoms with Crippen LogP contribution in [-0.4, -0.2) is 11.0 Å². The molecule has 0 saturated carbocycles. The number of rotatable bonds is 4. The van der Waals surface area contributed by atoms with Crippen molar-refractivity contribution in [2.45, 2.75) is 32.7 Å². The third kappa shape index (κ3) is 2.27. The molecule has 2 aromatic rings. The average Bonchev–Trinajstić information content (AvgIpc) is 2.65. The molecule has 90 valence electrons. The Morgan fingerprint density at radius 1 is 1.41 bits per heavy atom. The first-order valence-corrected chi connectivity index (χ1v) is 6.13. The first-order chi connectivity index (χ1) is 8.13. The zero-order valence-corrected chi connectivity index (χ0v) is 10.6. The van der Waals surface area contributed by atoms with Crippen molar-refractivity contribution >= 4 is 10.9 Å². The third-order valence-electron chi connectivity index (χ3n) is 3.43. The number of aryl methyl sites for hydroxylation is 1. The van der Waals surface area contributed by atoms with Crippen LogP contribution in [-0.2, 0) is 6.42 Å². The monoisotopic (exact) mass is 228 g/mol. The Hall–Kier alpha value is -1.54. The molecular formula is C15H20N2.